The van der Waals surface area contributed by atoms with Gasteiger partial charge in [0.05, 0.1) is 6.20 Å². The highest BCUT2D eigenvalue weighted by molar-refractivity contribution is 5.99. The van der Waals surface area contributed by atoms with Crippen LogP contribution in [0.1, 0.15) is 40.7 Å². The first-order chi connectivity index (χ1) is 12.2. The first kappa shape index (κ1) is 17.0. The van der Waals surface area contributed by atoms with E-state index in [-0.39, 0.29) is 11.8 Å². The van der Waals surface area contributed by atoms with Crippen molar-refractivity contribution in [3.05, 3.63) is 77.5 Å². The molecule has 1 aromatic heterocycles. The van der Waals surface area contributed by atoms with Gasteiger partial charge in [0.15, 0.2) is 5.76 Å². The maximum absolute atomic E-state index is 12.6. The Labute approximate surface area is 147 Å². The molecule has 0 aliphatic carbocycles. The molecule has 1 atom stereocenters. The molecule has 0 aliphatic heterocycles. The van der Waals surface area contributed by atoms with Gasteiger partial charge in [-0.15, -0.1) is 0 Å². The summed E-state index contributed by atoms with van der Waals surface area (Å²) >= 11 is 0. The first-order valence-electron chi connectivity index (χ1n) is 8.54. The third-order valence-electron chi connectivity index (χ3n) is 4.40. The highest BCUT2D eigenvalue weighted by Gasteiger charge is 2.19. The molecule has 4 heteroatoms. The number of nitrogens with one attached hydrogen (secondary N) is 1. The van der Waals surface area contributed by atoms with Crippen LogP contribution in [0, 0.1) is 6.92 Å². The molecule has 128 valence electrons. The minimum atomic E-state index is -0.161. The highest BCUT2D eigenvalue weighted by Crippen LogP contribution is 2.24. The van der Waals surface area contributed by atoms with Gasteiger partial charge >= 0.3 is 0 Å². The molecule has 25 heavy (non-hydrogen) atoms. The molecule has 0 bridgehead atoms. The van der Waals surface area contributed by atoms with Gasteiger partial charge in [0.2, 0.25) is 0 Å². The molecular weight excluding hydrogens is 312 g/mol. The zero-order chi connectivity index (χ0) is 17.6. The zero-order valence-corrected chi connectivity index (χ0v) is 14.5. The van der Waals surface area contributed by atoms with E-state index in [1.165, 1.54) is 11.8 Å². The number of nitrogens with zero attached hydrogens (tertiary/aromatic N) is 1. The minimum absolute atomic E-state index is 0.161. The average molecular weight is 334 g/mol. The summed E-state index contributed by atoms with van der Waals surface area (Å²) in [6.07, 6.45) is 2.44. The fourth-order valence-corrected chi connectivity index (χ4v) is 2.85. The summed E-state index contributed by atoms with van der Waals surface area (Å²) in [7, 11) is 0. The van der Waals surface area contributed by atoms with Crippen LogP contribution < -0.4 is 5.32 Å². The van der Waals surface area contributed by atoms with Crippen molar-refractivity contribution in [3.8, 4) is 11.3 Å². The second kappa shape index (κ2) is 7.79. The number of aromatic nitrogens is 1. The van der Waals surface area contributed by atoms with E-state index in [0.717, 1.165) is 17.5 Å². The molecule has 0 aliphatic rings. The van der Waals surface area contributed by atoms with E-state index in [9.17, 15) is 4.79 Å². The average Bonchev–Trinajstić information content (AvgIpc) is 3.13. The fourth-order valence-electron chi connectivity index (χ4n) is 2.85. The van der Waals surface area contributed by atoms with Crippen molar-refractivity contribution >= 4 is 5.91 Å². The molecule has 0 spiro atoms. The molecule has 0 radical (unpaired) electrons. The maximum atomic E-state index is 12.6. The molecule has 0 saturated carbocycles. The summed E-state index contributed by atoms with van der Waals surface area (Å²) in [4.78, 5) is 12.6. The van der Waals surface area contributed by atoms with E-state index < -0.39 is 0 Å². The predicted molar refractivity (Wildman–Crippen MR) is 98.5 cm³/mol. The van der Waals surface area contributed by atoms with Gasteiger partial charge in [-0.05, 0) is 18.9 Å². The van der Waals surface area contributed by atoms with Gasteiger partial charge in [-0.3, -0.25) is 4.79 Å². The van der Waals surface area contributed by atoms with Crippen molar-refractivity contribution in [2.24, 2.45) is 0 Å². The number of carbonyl (C=O) groups is 1. The lowest BCUT2D eigenvalue weighted by molar-refractivity contribution is 0.0951. The Hall–Kier alpha value is -2.88. The Morgan fingerprint density at radius 3 is 2.52 bits per heavy atom. The molecule has 3 rings (SSSR count). The molecule has 1 unspecified atom stereocenters. The molecule has 2 aromatic carbocycles. The predicted octanol–water partition coefficient (Wildman–Crippen LogP) is 4.57. The van der Waals surface area contributed by atoms with E-state index in [2.05, 4.69) is 29.5 Å². The monoisotopic (exact) mass is 334 g/mol. The summed E-state index contributed by atoms with van der Waals surface area (Å²) in [5.41, 5.74) is 3.70. The van der Waals surface area contributed by atoms with E-state index in [1.807, 2.05) is 49.4 Å². The van der Waals surface area contributed by atoms with Crippen LogP contribution in [0.2, 0.25) is 0 Å². The van der Waals surface area contributed by atoms with Gasteiger partial charge in [-0.1, -0.05) is 72.2 Å². The van der Waals surface area contributed by atoms with Crippen LogP contribution >= 0.6 is 0 Å². The lowest BCUT2D eigenvalue weighted by Crippen LogP contribution is -2.28. The Kier molecular flexibility index (Phi) is 5.29. The lowest BCUT2D eigenvalue weighted by Gasteiger charge is -2.16. The van der Waals surface area contributed by atoms with Crippen molar-refractivity contribution in [2.45, 2.75) is 26.2 Å². The number of benzene rings is 2. The molecule has 1 amide bonds. The normalized spacial score (nSPS) is 11.9. The third-order valence-corrected chi connectivity index (χ3v) is 4.40. The summed E-state index contributed by atoms with van der Waals surface area (Å²) in [6.45, 7) is 4.73. The Morgan fingerprint density at radius 2 is 1.84 bits per heavy atom. The molecule has 3 aromatic rings. The zero-order valence-electron chi connectivity index (χ0n) is 14.5. The molecule has 4 nitrogen and oxygen atoms in total. The number of hydrogen-bond acceptors (Lipinski definition) is 3. The number of carbonyl (C=O) groups excluding carboxylic acids is 1. The second-order valence-corrected chi connectivity index (χ2v) is 6.16. The number of amides is 1. The summed E-state index contributed by atoms with van der Waals surface area (Å²) < 4.78 is 5.32. The lowest BCUT2D eigenvalue weighted by atomic mass is 9.96. The summed E-state index contributed by atoms with van der Waals surface area (Å²) in [5.74, 6) is 0.629. The third kappa shape index (κ3) is 3.97. The summed E-state index contributed by atoms with van der Waals surface area (Å²) in [6, 6.07) is 18.1. The van der Waals surface area contributed by atoms with Crippen LogP contribution in [0.25, 0.3) is 11.3 Å². The van der Waals surface area contributed by atoms with Crippen LogP contribution in [-0.4, -0.2) is 17.6 Å². The van der Waals surface area contributed by atoms with E-state index in [4.69, 9.17) is 4.52 Å². The van der Waals surface area contributed by atoms with Crippen LogP contribution in [0.3, 0.4) is 0 Å². The van der Waals surface area contributed by atoms with Gasteiger partial charge in [0.25, 0.3) is 5.91 Å². The van der Waals surface area contributed by atoms with E-state index in [0.29, 0.717) is 17.9 Å². The number of aryl methyl sites for hydroxylation is 1. The van der Waals surface area contributed by atoms with Gasteiger partial charge in [-0.2, -0.15) is 0 Å². The van der Waals surface area contributed by atoms with Crippen molar-refractivity contribution in [3.63, 3.8) is 0 Å². The Bertz CT molecular complexity index is 823. The van der Waals surface area contributed by atoms with Crippen molar-refractivity contribution in [2.75, 3.05) is 6.54 Å². The number of hydrogen-bond donors (Lipinski definition) is 1. The van der Waals surface area contributed by atoms with Crippen LogP contribution in [-0.2, 0) is 0 Å². The first-order valence-corrected chi connectivity index (χ1v) is 8.54. The second-order valence-electron chi connectivity index (χ2n) is 6.16. The smallest absolute Gasteiger partial charge is 0.256 e. The van der Waals surface area contributed by atoms with E-state index in [1.54, 1.807) is 0 Å². The largest absolute Gasteiger partial charge is 0.355 e. The quantitative estimate of drug-likeness (QED) is 0.718. The van der Waals surface area contributed by atoms with Gasteiger partial charge < -0.3 is 9.84 Å². The minimum Gasteiger partial charge on any atom is -0.355 e. The van der Waals surface area contributed by atoms with Gasteiger partial charge in [0.1, 0.15) is 5.56 Å². The topological polar surface area (TPSA) is 55.1 Å². The SMILES string of the molecule is CCC(CNC(=O)c1cnoc1-c1ccc(C)cc1)c1ccccc1. The van der Waals surface area contributed by atoms with E-state index >= 15 is 0 Å². The molecular formula is C21H22N2O2. The molecule has 0 saturated heterocycles. The molecule has 1 N–H and O–H groups in total. The van der Waals surface area contributed by atoms with Crippen LogP contribution in [0.15, 0.2) is 65.3 Å². The maximum Gasteiger partial charge on any atom is 0.256 e. The summed E-state index contributed by atoms with van der Waals surface area (Å²) in [5, 5.41) is 6.83. The standard InChI is InChI=1S/C21H22N2O2/c1-3-16(17-7-5-4-6-8-17)13-22-21(24)19-14-23-25-20(19)18-11-9-15(2)10-12-18/h4-12,14,16H,3,13H2,1-2H3,(H,22,24). The Balaban J connectivity index is 1.72. The molecule has 1 heterocycles. The highest BCUT2D eigenvalue weighted by atomic mass is 16.5. The van der Waals surface area contributed by atoms with Crippen molar-refractivity contribution in [1.82, 2.24) is 10.5 Å². The van der Waals surface area contributed by atoms with Crippen molar-refractivity contribution < 1.29 is 9.32 Å². The number of rotatable bonds is 6. The van der Waals surface area contributed by atoms with Crippen molar-refractivity contribution in [1.29, 1.82) is 0 Å². The Morgan fingerprint density at radius 1 is 1.12 bits per heavy atom. The molecule has 0 fully saturated rings. The van der Waals surface area contributed by atoms with Crippen LogP contribution in [0.4, 0.5) is 0 Å². The fraction of sp³-hybridized carbons (Fsp3) is 0.238. The van der Waals surface area contributed by atoms with Crippen LogP contribution in [0.5, 0.6) is 0 Å². The van der Waals surface area contributed by atoms with Gasteiger partial charge in [-0.25, -0.2) is 0 Å². The van der Waals surface area contributed by atoms with Gasteiger partial charge in [0, 0.05) is 18.0 Å².